The quantitative estimate of drug-likeness (QED) is 0.212. The average molecular weight is 755 g/mol. The van der Waals surface area contributed by atoms with Gasteiger partial charge in [-0.15, -0.1) is 69.1 Å². The minimum Gasteiger partial charge on any atom is -1.00 e. The van der Waals surface area contributed by atoms with Crippen molar-refractivity contribution >= 4 is 21.5 Å². The Balaban J connectivity index is 0.000000208. The summed E-state index contributed by atoms with van der Waals surface area (Å²) in [6.07, 6.45) is 3.85. The van der Waals surface area contributed by atoms with E-state index < -0.39 is 0 Å². The zero-order valence-electron chi connectivity index (χ0n) is 28.0. The summed E-state index contributed by atoms with van der Waals surface area (Å²) in [5.41, 5.74) is 14.4. The first-order valence-electron chi connectivity index (χ1n) is 15.8. The number of nitrogens with zero attached hydrogens (tertiary/aromatic N) is 2. The number of pyridine rings is 2. The fourth-order valence-corrected chi connectivity index (χ4v) is 6.01. The first-order chi connectivity index (χ1) is 22.4. The van der Waals surface area contributed by atoms with Crippen LogP contribution >= 0.6 is 0 Å². The Morgan fingerprint density at radius 1 is 0.429 bits per heavy atom. The second-order valence-electron chi connectivity index (χ2n) is 12.3. The molecule has 0 N–H and O–H groups in total. The van der Waals surface area contributed by atoms with Gasteiger partial charge in [-0.2, -0.15) is 0 Å². The number of aryl methyl sites for hydroxylation is 4. The van der Waals surface area contributed by atoms with E-state index in [0.717, 1.165) is 11.4 Å². The molecule has 0 saturated heterocycles. The van der Waals surface area contributed by atoms with Gasteiger partial charge in [-0.25, -0.2) is 0 Å². The molecule has 240 valence electrons. The molecule has 49 heavy (non-hydrogen) atoms. The first-order valence-corrected chi connectivity index (χ1v) is 15.8. The van der Waals surface area contributed by atoms with E-state index in [2.05, 4.69) is 171 Å². The number of aromatic nitrogens is 2. The molecule has 0 atom stereocenters. The number of hydrogen-bond donors (Lipinski definition) is 0. The molecule has 0 radical (unpaired) electrons. The summed E-state index contributed by atoms with van der Waals surface area (Å²) < 4.78 is 0. The molecule has 0 aliphatic heterocycles. The van der Waals surface area contributed by atoms with Crippen molar-refractivity contribution in [2.45, 2.75) is 27.7 Å². The maximum absolute atomic E-state index is 4.56. The summed E-state index contributed by atoms with van der Waals surface area (Å²) in [6, 6.07) is 47.8. The number of rotatable bonds is 4. The van der Waals surface area contributed by atoms with Crippen LogP contribution in [-0.2, 0) is 26.2 Å². The number of fused-ring (bicyclic) bond motifs is 2. The number of halogens is 2. The third kappa shape index (κ3) is 8.36. The largest absolute Gasteiger partial charge is 4.00 e. The Morgan fingerprint density at radius 2 is 0.796 bits per heavy atom. The Bertz CT molecular complexity index is 2100. The van der Waals surface area contributed by atoms with Gasteiger partial charge < -0.3 is 24.8 Å². The normalized spacial score (nSPS) is 10.4. The maximum Gasteiger partial charge on any atom is 4.00 e. The summed E-state index contributed by atoms with van der Waals surface area (Å²) >= 11 is 0. The van der Waals surface area contributed by atoms with E-state index >= 15 is 0 Å². The van der Waals surface area contributed by atoms with Crippen molar-refractivity contribution in [1.82, 2.24) is 9.97 Å². The third-order valence-corrected chi connectivity index (χ3v) is 8.64. The van der Waals surface area contributed by atoms with Crippen LogP contribution in [0.3, 0.4) is 0 Å². The predicted molar refractivity (Wildman–Crippen MR) is 195 cm³/mol. The first kappa shape index (κ1) is 37.7. The van der Waals surface area contributed by atoms with E-state index in [1.807, 2.05) is 12.4 Å². The summed E-state index contributed by atoms with van der Waals surface area (Å²) in [7, 11) is 0. The smallest absolute Gasteiger partial charge is 1.00 e. The van der Waals surface area contributed by atoms with Crippen molar-refractivity contribution in [2.24, 2.45) is 0 Å². The maximum atomic E-state index is 4.56. The van der Waals surface area contributed by atoms with E-state index in [9.17, 15) is 0 Å². The van der Waals surface area contributed by atoms with Gasteiger partial charge >= 0.3 is 26.2 Å². The molecule has 0 aliphatic carbocycles. The van der Waals surface area contributed by atoms with Crippen LogP contribution in [0.4, 0.5) is 0 Å². The van der Waals surface area contributed by atoms with Crippen LogP contribution in [-0.4, -0.2) is 9.97 Å². The van der Waals surface area contributed by atoms with Gasteiger partial charge in [0, 0.05) is 23.8 Å². The van der Waals surface area contributed by atoms with Crippen molar-refractivity contribution in [2.75, 3.05) is 0 Å². The fourth-order valence-electron chi connectivity index (χ4n) is 6.01. The zero-order chi connectivity index (χ0) is 31.6. The monoisotopic (exact) mass is 752 g/mol. The van der Waals surface area contributed by atoms with Gasteiger partial charge in [-0.3, -0.25) is 9.97 Å². The molecule has 0 amide bonds. The van der Waals surface area contributed by atoms with Crippen LogP contribution in [0.25, 0.3) is 66.3 Å². The molecule has 8 rings (SSSR count). The molecule has 0 saturated carbocycles. The average Bonchev–Trinajstić information content (AvgIpc) is 3.72. The number of benzene rings is 4. The molecule has 0 unspecified atom stereocenters. The summed E-state index contributed by atoms with van der Waals surface area (Å²) in [4.78, 5) is 9.12. The molecule has 6 aromatic carbocycles. The molecular formula is C44H36Cl2N2Zr. The van der Waals surface area contributed by atoms with Crippen LogP contribution in [0, 0.1) is 27.7 Å². The van der Waals surface area contributed by atoms with Crippen molar-refractivity contribution in [3.05, 3.63) is 168 Å². The van der Waals surface area contributed by atoms with Gasteiger partial charge in [-0.1, -0.05) is 119 Å². The molecule has 2 aromatic heterocycles. The van der Waals surface area contributed by atoms with Crippen molar-refractivity contribution < 1.29 is 51.0 Å². The Morgan fingerprint density at radius 3 is 1.14 bits per heavy atom. The van der Waals surface area contributed by atoms with Crippen molar-refractivity contribution in [3.8, 4) is 44.8 Å². The van der Waals surface area contributed by atoms with Crippen LogP contribution < -0.4 is 24.8 Å². The van der Waals surface area contributed by atoms with Crippen LogP contribution in [0.1, 0.15) is 22.3 Å². The SMILES string of the molecule is Cc1ccc(-c2cccc3[cH-]c(-c4ccc(C)cn4)cc23)cc1.Cc1ccc(-c2cccc3[cH-]c(-c4ccc(C)cn4)cc23)cc1.[Cl-].[Cl-].[Zr+4]. The second-order valence-corrected chi connectivity index (χ2v) is 12.3. The molecule has 5 heteroatoms. The Hall–Kier alpha value is -4.14. The molecule has 0 fully saturated rings. The van der Waals surface area contributed by atoms with Gasteiger partial charge in [0.1, 0.15) is 0 Å². The van der Waals surface area contributed by atoms with Gasteiger partial charge in [0.2, 0.25) is 0 Å². The predicted octanol–water partition coefficient (Wildman–Crippen LogP) is 5.81. The fraction of sp³-hybridized carbons (Fsp3) is 0.0909. The summed E-state index contributed by atoms with van der Waals surface area (Å²) in [5, 5.41) is 5.10. The minimum atomic E-state index is 0. The van der Waals surface area contributed by atoms with E-state index in [0.29, 0.717) is 0 Å². The van der Waals surface area contributed by atoms with Crippen LogP contribution in [0.5, 0.6) is 0 Å². The molecule has 0 aliphatic rings. The Kier molecular flexibility index (Phi) is 12.7. The van der Waals surface area contributed by atoms with E-state index in [4.69, 9.17) is 0 Å². The molecule has 0 spiro atoms. The van der Waals surface area contributed by atoms with Crippen LogP contribution in [0.2, 0.25) is 0 Å². The molecule has 8 aromatic rings. The second kappa shape index (κ2) is 16.5. The molecule has 2 heterocycles. The van der Waals surface area contributed by atoms with Gasteiger partial charge in [0.25, 0.3) is 0 Å². The van der Waals surface area contributed by atoms with E-state index in [1.54, 1.807) is 0 Å². The molecule has 2 nitrogen and oxygen atoms in total. The van der Waals surface area contributed by atoms with Gasteiger partial charge in [0.15, 0.2) is 0 Å². The Labute approximate surface area is 321 Å². The molecular weight excluding hydrogens is 719 g/mol. The molecule has 0 bridgehead atoms. The topological polar surface area (TPSA) is 25.8 Å². The third-order valence-electron chi connectivity index (χ3n) is 8.64. The van der Waals surface area contributed by atoms with Crippen molar-refractivity contribution in [3.63, 3.8) is 0 Å². The van der Waals surface area contributed by atoms with E-state index in [-0.39, 0.29) is 51.0 Å². The summed E-state index contributed by atoms with van der Waals surface area (Å²) in [6.45, 7) is 8.36. The standard InChI is InChI=1S/2C22H18N.2ClH.Zr/c2*1-15-6-9-17(10-7-15)20-5-3-4-18-12-19(13-21(18)20)22-11-8-16(2)14-23-22;;;/h2*3-14H,1-2H3;2*1H;/q2*-1;;;+4/p-2. The van der Waals surface area contributed by atoms with Crippen molar-refractivity contribution in [1.29, 1.82) is 0 Å². The van der Waals surface area contributed by atoms with Gasteiger partial charge in [0.05, 0.1) is 0 Å². The van der Waals surface area contributed by atoms with Gasteiger partial charge in [-0.05, 0) is 49.9 Å². The van der Waals surface area contributed by atoms with Crippen LogP contribution in [0.15, 0.2) is 146 Å². The number of hydrogen-bond acceptors (Lipinski definition) is 2. The zero-order valence-corrected chi connectivity index (χ0v) is 32.0. The summed E-state index contributed by atoms with van der Waals surface area (Å²) in [5.74, 6) is 0. The minimum absolute atomic E-state index is 0. The van der Waals surface area contributed by atoms with E-state index in [1.165, 1.54) is 77.2 Å².